The summed E-state index contributed by atoms with van der Waals surface area (Å²) >= 11 is 5.90. The van der Waals surface area contributed by atoms with Crippen LogP contribution in [0, 0.1) is 0 Å². The van der Waals surface area contributed by atoms with Crippen LogP contribution in [-0.4, -0.2) is 17.4 Å². The lowest BCUT2D eigenvalue weighted by Gasteiger charge is -2.36. The second-order valence-electron chi connectivity index (χ2n) is 4.55. The van der Waals surface area contributed by atoms with Gasteiger partial charge in [-0.15, -0.1) is 0 Å². The number of carbonyl (C=O) groups is 1. The second kappa shape index (κ2) is 5.54. The van der Waals surface area contributed by atoms with Gasteiger partial charge >= 0.3 is 0 Å². The van der Waals surface area contributed by atoms with E-state index in [4.69, 9.17) is 11.6 Å². The summed E-state index contributed by atoms with van der Waals surface area (Å²) in [5.41, 5.74) is 1.20. The van der Waals surface area contributed by atoms with Crippen LogP contribution in [0.3, 0.4) is 0 Å². The molecule has 1 heterocycles. The van der Waals surface area contributed by atoms with Gasteiger partial charge in [-0.3, -0.25) is 4.79 Å². The number of piperidine rings is 1. The summed E-state index contributed by atoms with van der Waals surface area (Å²) in [5.74, 6) is 0.290. The minimum absolute atomic E-state index is 0.244. The first kappa shape index (κ1) is 12.4. The number of carbonyl (C=O) groups excluding carboxylic acids is 1. The third kappa shape index (κ3) is 2.81. The Morgan fingerprint density at radius 2 is 2.06 bits per heavy atom. The minimum atomic E-state index is 0.244. The molecule has 1 saturated heterocycles. The predicted molar refractivity (Wildman–Crippen MR) is 70.0 cm³/mol. The molecule has 1 aliphatic heterocycles. The van der Waals surface area contributed by atoms with E-state index in [1.807, 2.05) is 29.2 Å². The van der Waals surface area contributed by atoms with Crippen LogP contribution in [0.1, 0.15) is 44.2 Å². The van der Waals surface area contributed by atoms with Gasteiger partial charge in [-0.1, -0.05) is 30.7 Å². The third-order valence-electron chi connectivity index (χ3n) is 3.28. The number of likely N-dealkylation sites (tertiary alicyclic amines) is 1. The molecular weight excluding hydrogens is 234 g/mol. The third-order valence-corrected chi connectivity index (χ3v) is 3.54. The molecular formula is C14H18ClNO. The van der Waals surface area contributed by atoms with Gasteiger partial charge in [-0.05, 0) is 37.0 Å². The number of rotatable bonds is 3. The van der Waals surface area contributed by atoms with Gasteiger partial charge in [0, 0.05) is 18.0 Å². The molecule has 17 heavy (non-hydrogen) atoms. The van der Waals surface area contributed by atoms with Gasteiger partial charge in [-0.2, -0.15) is 0 Å². The number of amides is 1. The van der Waals surface area contributed by atoms with Crippen LogP contribution in [0.15, 0.2) is 24.3 Å². The molecule has 0 radical (unpaired) electrons. The lowest BCUT2D eigenvalue weighted by Crippen LogP contribution is -2.38. The van der Waals surface area contributed by atoms with E-state index in [1.54, 1.807) is 0 Å². The quantitative estimate of drug-likeness (QED) is 0.800. The van der Waals surface area contributed by atoms with Crippen molar-refractivity contribution in [3.05, 3.63) is 34.9 Å². The molecule has 2 nitrogen and oxygen atoms in total. The maximum atomic E-state index is 11.9. The van der Waals surface area contributed by atoms with Crippen molar-refractivity contribution in [2.24, 2.45) is 0 Å². The molecule has 1 aliphatic rings. The van der Waals surface area contributed by atoms with Crippen molar-refractivity contribution < 1.29 is 4.79 Å². The molecule has 0 aliphatic carbocycles. The molecule has 1 amide bonds. The molecule has 0 aromatic heterocycles. The van der Waals surface area contributed by atoms with E-state index in [2.05, 4.69) is 6.92 Å². The zero-order valence-electron chi connectivity index (χ0n) is 10.2. The summed E-state index contributed by atoms with van der Waals surface area (Å²) in [6, 6.07) is 8.12. The minimum Gasteiger partial charge on any atom is -0.336 e. The van der Waals surface area contributed by atoms with Gasteiger partial charge in [0.1, 0.15) is 0 Å². The van der Waals surface area contributed by atoms with Gasteiger partial charge < -0.3 is 4.90 Å². The van der Waals surface area contributed by atoms with Crippen molar-refractivity contribution in [3.8, 4) is 0 Å². The lowest BCUT2D eigenvalue weighted by molar-refractivity contribution is -0.136. The molecule has 2 rings (SSSR count). The summed E-state index contributed by atoms with van der Waals surface area (Å²) in [7, 11) is 0. The lowest BCUT2D eigenvalue weighted by atomic mass is 9.94. The van der Waals surface area contributed by atoms with Crippen LogP contribution < -0.4 is 0 Å². The number of halogens is 1. The zero-order valence-corrected chi connectivity index (χ0v) is 10.9. The highest BCUT2D eigenvalue weighted by Crippen LogP contribution is 2.32. The van der Waals surface area contributed by atoms with E-state index in [-0.39, 0.29) is 11.9 Å². The Morgan fingerprint density at radius 1 is 1.35 bits per heavy atom. The SMILES string of the molecule is CCCN1C(=O)CCCC1c1ccc(Cl)cc1. The number of hydrogen-bond acceptors (Lipinski definition) is 1. The average molecular weight is 252 g/mol. The molecule has 1 unspecified atom stereocenters. The number of hydrogen-bond donors (Lipinski definition) is 0. The largest absolute Gasteiger partial charge is 0.336 e. The van der Waals surface area contributed by atoms with E-state index in [1.165, 1.54) is 5.56 Å². The van der Waals surface area contributed by atoms with Gasteiger partial charge in [0.2, 0.25) is 5.91 Å². The Labute approximate surface area is 108 Å². The van der Waals surface area contributed by atoms with Crippen molar-refractivity contribution in [1.29, 1.82) is 0 Å². The van der Waals surface area contributed by atoms with Gasteiger partial charge in [-0.25, -0.2) is 0 Å². The van der Waals surface area contributed by atoms with Crippen LogP contribution in [-0.2, 0) is 4.79 Å². The van der Waals surface area contributed by atoms with Gasteiger partial charge in [0.25, 0.3) is 0 Å². The summed E-state index contributed by atoms with van der Waals surface area (Å²) in [4.78, 5) is 14.0. The molecule has 3 heteroatoms. The molecule has 1 aromatic rings. The normalized spacial score (nSPS) is 20.7. The fourth-order valence-corrected chi connectivity index (χ4v) is 2.60. The van der Waals surface area contributed by atoms with Gasteiger partial charge in [0.15, 0.2) is 0 Å². The first-order valence-corrected chi connectivity index (χ1v) is 6.65. The van der Waals surface area contributed by atoms with Crippen molar-refractivity contribution in [3.63, 3.8) is 0 Å². The van der Waals surface area contributed by atoms with Crippen LogP contribution in [0.5, 0.6) is 0 Å². The van der Waals surface area contributed by atoms with Crippen molar-refractivity contribution >= 4 is 17.5 Å². The van der Waals surface area contributed by atoms with E-state index >= 15 is 0 Å². The first-order chi connectivity index (χ1) is 8.22. The Kier molecular flexibility index (Phi) is 4.06. The molecule has 0 bridgehead atoms. The molecule has 92 valence electrons. The summed E-state index contributed by atoms with van der Waals surface area (Å²) in [6.07, 6.45) is 3.76. The summed E-state index contributed by atoms with van der Waals surface area (Å²) in [5, 5.41) is 0.748. The number of nitrogens with zero attached hydrogens (tertiary/aromatic N) is 1. The van der Waals surface area contributed by atoms with Crippen molar-refractivity contribution in [2.45, 2.75) is 38.6 Å². The van der Waals surface area contributed by atoms with E-state index in [9.17, 15) is 4.79 Å². The number of benzene rings is 1. The molecule has 0 N–H and O–H groups in total. The predicted octanol–water partition coefficient (Wildman–Crippen LogP) is 3.80. The molecule has 1 aromatic carbocycles. The van der Waals surface area contributed by atoms with Gasteiger partial charge in [0.05, 0.1) is 6.04 Å². The topological polar surface area (TPSA) is 20.3 Å². The van der Waals surface area contributed by atoms with Crippen LogP contribution in [0.2, 0.25) is 5.02 Å². The van der Waals surface area contributed by atoms with E-state index < -0.39 is 0 Å². The Balaban J connectivity index is 2.21. The zero-order chi connectivity index (χ0) is 12.3. The molecule has 1 fully saturated rings. The van der Waals surface area contributed by atoms with Crippen molar-refractivity contribution in [1.82, 2.24) is 4.90 Å². The van der Waals surface area contributed by atoms with Crippen LogP contribution in [0.25, 0.3) is 0 Å². The maximum absolute atomic E-state index is 11.9. The van der Waals surface area contributed by atoms with E-state index in [0.29, 0.717) is 6.42 Å². The highest BCUT2D eigenvalue weighted by Gasteiger charge is 2.28. The van der Waals surface area contributed by atoms with E-state index in [0.717, 1.165) is 30.8 Å². The van der Waals surface area contributed by atoms with Crippen LogP contribution >= 0.6 is 11.6 Å². The maximum Gasteiger partial charge on any atom is 0.223 e. The van der Waals surface area contributed by atoms with Crippen LogP contribution in [0.4, 0.5) is 0 Å². The Bertz CT molecular complexity index is 388. The highest BCUT2D eigenvalue weighted by atomic mass is 35.5. The smallest absolute Gasteiger partial charge is 0.223 e. The Hall–Kier alpha value is -1.02. The second-order valence-corrected chi connectivity index (χ2v) is 4.98. The first-order valence-electron chi connectivity index (χ1n) is 6.27. The van der Waals surface area contributed by atoms with Crippen molar-refractivity contribution in [2.75, 3.05) is 6.54 Å². The summed E-state index contributed by atoms with van der Waals surface area (Å²) in [6.45, 7) is 2.97. The fraction of sp³-hybridized carbons (Fsp3) is 0.500. The molecule has 0 saturated carbocycles. The monoisotopic (exact) mass is 251 g/mol. The average Bonchev–Trinajstić information content (AvgIpc) is 2.33. The Morgan fingerprint density at radius 3 is 2.71 bits per heavy atom. The molecule has 0 spiro atoms. The summed E-state index contributed by atoms with van der Waals surface area (Å²) < 4.78 is 0. The fourth-order valence-electron chi connectivity index (χ4n) is 2.47. The molecule has 1 atom stereocenters. The highest BCUT2D eigenvalue weighted by molar-refractivity contribution is 6.30. The standard InChI is InChI=1S/C14H18ClNO/c1-2-10-16-13(4-3-5-14(16)17)11-6-8-12(15)9-7-11/h6-9,13H,2-5,10H2,1H3.